The Labute approximate surface area is 127 Å². The topological polar surface area (TPSA) is 66.6 Å². The molecule has 114 valence electrons. The number of amides is 1. The van der Waals surface area contributed by atoms with Crippen LogP contribution in [0.3, 0.4) is 0 Å². The molecule has 21 heavy (non-hydrogen) atoms. The lowest BCUT2D eigenvalue weighted by Crippen LogP contribution is -2.38. The van der Waals surface area contributed by atoms with E-state index in [0.717, 1.165) is 11.1 Å². The molecule has 0 aliphatic heterocycles. The number of nitrogens with two attached hydrogens (primary N) is 1. The van der Waals surface area contributed by atoms with E-state index in [-0.39, 0.29) is 18.6 Å². The Morgan fingerprint density at radius 1 is 1.38 bits per heavy atom. The highest BCUT2D eigenvalue weighted by Gasteiger charge is 2.18. The smallest absolute Gasteiger partial charge is 0.254 e. The quantitative estimate of drug-likeness (QED) is 0.808. The van der Waals surface area contributed by atoms with Gasteiger partial charge in [0, 0.05) is 30.3 Å². The molecule has 0 bridgehead atoms. The number of carbonyl (C=O) groups excluding carboxylic acids is 1. The van der Waals surface area contributed by atoms with Crippen LogP contribution in [0.2, 0.25) is 0 Å². The highest BCUT2D eigenvalue weighted by Crippen LogP contribution is 2.14. The van der Waals surface area contributed by atoms with Crippen molar-refractivity contribution in [3.05, 3.63) is 34.9 Å². The van der Waals surface area contributed by atoms with Gasteiger partial charge < -0.3 is 15.7 Å². The molecule has 1 rings (SSSR count). The molecular formula is C17H24N2O2. The minimum absolute atomic E-state index is 0.0297. The summed E-state index contributed by atoms with van der Waals surface area (Å²) in [5, 5.41) is 8.97. The Balaban J connectivity index is 3.06. The summed E-state index contributed by atoms with van der Waals surface area (Å²) in [6.45, 7) is 6.81. The van der Waals surface area contributed by atoms with Gasteiger partial charge in [0.25, 0.3) is 5.91 Å². The molecule has 1 amide bonds. The van der Waals surface area contributed by atoms with Gasteiger partial charge in [0.2, 0.25) is 0 Å². The molecule has 0 spiro atoms. The number of hydrogen-bond donors (Lipinski definition) is 2. The van der Waals surface area contributed by atoms with E-state index in [1.807, 2.05) is 32.9 Å². The normalized spacial score (nSPS) is 10.2. The number of carbonyl (C=O) groups is 1. The molecule has 0 atom stereocenters. The van der Waals surface area contributed by atoms with Gasteiger partial charge in [-0.25, -0.2) is 0 Å². The van der Waals surface area contributed by atoms with Crippen LogP contribution in [-0.2, 0) is 0 Å². The summed E-state index contributed by atoms with van der Waals surface area (Å²) < 4.78 is 0. The first-order valence-electron chi connectivity index (χ1n) is 7.22. The van der Waals surface area contributed by atoms with Crippen molar-refractivity contribution in [3.63, 3.8) is 0 Å². The maximum atomic E-state index is 12.6. The van der Waals surface area contributed by atoms with E-state index in [1.54, 1.807) is 11.0 Å². The average molecular weight is 288 g/mol. The van der Waals surface area contributed by atoms with Gasteiger partial charge in [-0.05, 0) is 51.0 Å². The van der Waals surface area contributed by atoms with Crippen LogP contribution in [0.15, 0.2) is 18.2 Å². The summed E-state index contributed by atoms with van der Waals surface area (Å²) in [5.41, 5.74) is 7.80. The van der Waals surface area contributed by atoms with Gasteiger partial charge in [-0.1, -0.05) is 11.8 Å². The summed E-state index contributed by atoms with van der Waals surface area (Å²) in [7, 11) is 0. The van der Waals surface area contributed by atoms with E-state index in [2.05, 4.69) is 11.8 Å². The third-order valence-corrected chi connectivity index (χ3v) is 3.10. The van der Waals surface area contributed by atoms with Crippen molar-refractivity contribution in [1.82, 2.24) is 4.90 Å². The molecule has 0 saturated carbocycles. The Kier molecular flexibility index (Phi) is 6.93. The second kappa shape index (κ2) is 8.46. The Hall–Kier alpha value is -1.83. The van der Waals surface area contributed by atoms with Gasteiger partial charge in [0.05, 0.1) is 6.54 Å². The lowest BCUT2D eigenvalue weighted by molar-refractivity contribution is 0.0693. The standard InChI is InChI=1S/C17H24N2O2/c1-13(2)19(8-5-9-20)17(21)16-11-14(3)10-15(12-16)6-4-7-18/h10-13,20H,5,7-9,18H2,1-3H3. The predicted octanol–water partition coefficient (Wildman–Crippen LogP) is 1.54. The van der Waals surface area contributed by atoms with Crippen LogP contribution in [0.4, 0.5) is 0 Å². The fourth-order valence-corrected chi connectivity index (χ4v) is 2.13. The molecule has 1 aromatic rings. The van der Waals surface area contributed by atoms with Crippen LogP contribution in [0.5, 0.6) is 0 Å². The lowest BCUT2D eigenvalue weighted by Gasteiger charge is -2.27. The minimum Gasteiger partial charge on any atom is -0.396 e. The van der Waals surface area contributed by atoms with Crippen LogP contribution in [0.1, 0.15) is 41.8 Å². The van der Waals surface area contributed by atoms with E-state index >= 15 is 0 Å². The molecule has 0 aliphatic rings. The van der Waals surface area contributed by atoms with Crippen molar-refractivity contribution in [2.45, 2.75) is 33.2 Å². The van der Waals surface area contributed by atoms with Crippen LogP contribution < -0.4 is 5.73 Å². The maximum Gasteiger partial charge on any atom is 0.254 e. The van der Waals surface area contributed by atoms with Crippen molar-refractivity contribution >= 4 is 5.91 Å². The number of rotatable bonds is 5. The molecule has 4 heteroatoms. The Morgan fingerprint density at radius 2 is 2.10 bits per heavy atom. The lowest BCUT2D eigenvalue weighted by atomic mass is 10.0. The van der Waals surface area contributed by atoms with E-state index in [4.69, 9.17) is 10.8 Å². The summed E-state index contributed by atoms with van der Waals surface area (Å²) in [6.07, 6.45) is 0.579. The van der Waals surface area contributed by atoms with Crippen LogP contribution in [0, 0.1) is 18.8 Å². The summed E-state index contributed by atoms with van der Waals surface area (Å²) >= 11 is 0. The predicted molar refractivity (Wildman–Crippen MR) is 85.0 cm³/mol. The van der Waals surface area contributed by atoms with Gasteiger partial charge in [-0.15, -0.1) is 0 Å². The summed E-state index contributed by atoms with van der Waals surface area (Å²) in [5.74, 6) is 5.74. The Morgan fingerprint density at radius 3 is 2.67 bits per heavy atom. The number of hydrogen-bond acceptors (Lipinski definition) is 3. The molecule has 0 unspecified atom stereocenters. The molecule has 0 fully saturated rings. The van der Waals surface area contributed by atoms with Gasteiger partial charge in [-0.3, -0.25) is 4.79 Å². The van der Waals surface area contributed by atoms with Crippen molar-refractivity contribution in [2.75, 3.05) is 19.7 Å². The molecule has 0 aromatic heterocycles. The second-order valence-corrected chi connectivity index (χ2v) is 5.26. The maximum absolute atomic E-state index is 12.6. The molecular weight excluding hydrogens is 264 g/mol. The molecule has 0 heterocycles. The van der Waals surface area contributed by atoms with Gasteiger partial charge >= 0.3 is 0 Å². The van der Waals surface area contributed by atoms with Crippen LogP contribution in [0.25, 0.3) is 0 Å². The van der Waals surface area contributed by atoms with Crippen molar-refractivity contribution in [1.29, 1.82) is 0 Å². The fraction of sp³-hybridized carbons (Fsp3) is 0.471. The highest BCUT2D eigenvalue weighted by atomic mass is 16.3. The third kappa shape index (κ3) is 5.22. The first-order chi connectivity index (χ1) is 9.99. The molecule has 0 saturated heterocycles. The molecule has 3 N–H and O–H groups in total. The molecule has 4 nitrogen and oxygen atoms in total. The van der Waals surface area contributed by atoms with E-state index < -0.39 is 0 Å². The molecule has 0 radical (unpaired) electrons. The first kappa shape index (κ1) is 17.2. The van der Waals surface area contributed by atoms with E-state index in [0.29, 0.717) is 25.1 Å². The number of aliphatic hydroxyl groups is 1. The number of aliphatic hydroxyl groups excluding tert-OH is 1. The third-order valence-electron chi connectivity index (χ3n) is 3.10. The number of benzene rings is 1. The van der Waals surface area contributed by atoms with Crippen molar-refractivity contribution in [2.24, 2.45) is 5.73 Å². The van der Waals surface area contributed by atoms with Crippen LogP contribution >= 0.6 is 0 Å². The minimum atomic E-state index is -0.0297. The van der Waals surface area contributed by atoms with Gasteiger partial charge in [-0.2, -0.15) is 0 Å². The monoisotopic (exact) mass is 288 g/mol. The zero-order valence-corrected chi connectivity index (χ0v) is 13.0. The molecule has 0 aliphatic carbocycles. The zero-order valence-electron chi connectivity index (χ0n) is 13.0. The summed E-state index contributed by atoms with van der Waals surface area (Å²) in [4.78, 5) is 14.4. The number of aryl methyl sites for hydroxylation is 1. The largest absolute Gasteiger partial charge is 0.396 e. The van der Waals surface area contributed by atoms with Crippen molar-refractivity contribution in [3.8, 4) is 11.8 Å². The van der Waals surface area contributed by atoms with Gasteiger partial charge in [0.1, 0.15) is 0 Å². The number of nitrogens with zero attached hydrogens (tertiary/aromatic N) is 1. The summed E-state index contributed by atoms with van der Waals surface area (Å²) in [6, 6.07) is 5.69. The fourth-order valence-electron chi connectivity index (χ4n) is 2.13. The van der Waals surface area contributed by atoms with Crippen LogP contribution in [-0.4, -0.2) is 41.7 Å². The first-order valence-corrected chi connectivity index (χ1v) is 7.22. The van der Waals surface area contributed by atoms with E-state index in [9.17, 15) is 4.79 Å². The van der Waals surface area contributed by atoms with Gasteiger partial charge in [0.15, 0.2) is 0 Å². The molecule has 1 aromatic carbocycles. The Bertz CT molecular complexity index is 541. The van der Waals surface area contributed by atoms with E-state index in [1.165, 1.54) is 0 Å². The zero-order chi connectivity index (χ0) is 15.8. The average Bonchev–Trinajstić information content (AvgIpc) is 2.44. The highest BCUT2D eigenvalue weighted by molar-refractivity contribution is 5.95. The SMILES string of the molecule is Cc1cc(C#CCN)cc(C(=O)N(CCCO)C(C)C)c1. The second-order valence-electron chi connectivity index (χ2n) is 5.26. The van der Waals surface area contributed by atoms with Crippen molar-refractivity contribution < 1.29 is 9.90 Å².